The molecular formula is C22H29N3O2. The number of hydrogen-bond acceptors (Lipinski definition) is 2. The summed E-state index contributed by atoms with van der Waals surface area (Å²) >= 11 is 0. The molecule has 0 aromatic heterocycles. The Hall–Kier alpha value is -2.82. The predicted molar refractivity (Wildman–Crippen MR) is 111 cm³/mol. The summed E-state index contributed by atoms with van der Waals surface area (Å²) in [5.74, 6) is 0.395. The molecule has 0 aliphatic heterocycles. The molecule has 2 aromatic carbocycles. The van der Waals surface area contributed by atoms with Crippen molar-refractivity contribution >= 4 is 23.3 Å². The maximum absolute atomic E-state index is 12.8. The van der Waals surface area contributed by atoms with Crippen LogP contribution in [0.25, 0.3) is 0 Å². The van der Waals surface area contributed by atoms with Crippen molar-refractivity contribution in [3.05, 3.63) is 60.2 Å². The normalized spacial score (nSPS) is 10.5. The van der Waals surface area contributed by atoms with Crippen molar-refractivity contribution in [2.45, 2.75) is 33.6 Å². The molecule has 0 bridgehead atoms. The topological polar surface area (TPSA) is 61.4 Å². The second kappa shape index (κ2) is 10.4. The summed E-state index contributed by atoms with van der Waals surface area (Å²) in [6.07, 6.45) is 1.20. The highest BCUT2D eigenvalue weighted by Gasteiger charge is 2.15. The van der Waals surface area contributed by atoms with Crippen molar-refractivity contribution in [3.63, 3.8) is 0 Å². The number of anilines is 2. The first-order valence-electron chi connectivity index (χ1n) is 9.42. The molecule has 0 atom stereocenters. The van der Waals surface area contributed by atoms with Crippen molar-refractivity contribution in [1.82, 2.24) is 5.32 Å². The van der Waals surface area contributed by atoms with E-state index in [1.807, 2.05) is 75.4 Å². The van der Waals surface area contributed by atoms with Gasteiger partial charge in [0.15, 0.2) is 0 Å². The highest BCUT2D eigenvalue weighted by Crippen LogP contribution is 2.16. The van der Waals surface area contributed by atoms with Crippen LogP contribution in [0.15, 0.2) is 54.6 Å². The Bertz CT molecular complexity index is 727. The summed E-state index contributed by atoms with van der Waals surface area (Å²) in [6.45, 7) is 7.12. The number of carbonyl (C=O) groups excluding carboxylic acids is 2. The van der Waals surface area contributed by atoms with Crippen LogP contribution in [0.4, 0.5) is 16.2 Å². The van der Waals surface area contributed by atoms with Gasteiger partial charge in [-0.25, -0.2) is 4.79 Å². The molecule has 2 rings (SSSR count). The number of benzene rings is 2. The molecule has 2 N–H and O–H groups in total. The molecule has 2 aromatic rings. The van der Waals surface area contributed by atoms with Crippen LogP contribution in [-0.2, 0) is 4.79 Å². The van der Waals surface area contributed by atoms with Crippen molar-refractivity contribution in [3.8, 4) is 0 Å². The predicted octanol–water partition coefficient (Wildman–Crippen LogP) is 4.59. The van der Waals surface area contributed by atoms with Gasteiger partial charge in [0.1, 0.15) is 0 Å². The van der Waals surface area contributed by atoms with Gasteiger partial charge in [-0.3, -0.25) is 9.69 Å². The lowest BCUT2D eigenvalue weighted by atomic mass is 10.1. The van der Waals surface area contributed by atoms with E-state index in [1.54, 1.807) is 4.90 Å². The van der Waals surface area contributed by atoms with E-state index in [-0.39, 0.29) is 11.9 Å². The minimum atomic E-state index is -0.182. The second-order valence-electron chi connectivity index (χ2n) is 7.08. The van der Waals surface area contributed by atoms with Crippen LogP contribution in [0.2, 0.25) is 0 Å². The number of amides is 3. The average Bonchev–Trinajstić information content (AvgIpc) is 2.63. The monoisotopic (exact) mass is 367 g/mol. The van der Waals surface area contributed by atoms with Crippen LogP contribution in [-0.4, -0.2) is 25.0 Å². The van der Waals surface area contributed by atoms with Gasteiger partial charge >= 0.3 is 6.03 Å². The number of urea groups is 1. The van der Waals surface area contributed by atoms with Gasteiger partial charge in [-0.1, -0.05) is 49.7 Å². The molecule has 0 aliphatic rings. The fraction of sp³-hybridized carbons (Fsp3) is 0.364. The fourth-order valence-electron chi connectivity index (χ4n) is 2.69. The number of rotatable bonds is 8. The van der Waals surface area contributed by atoms with Crippen LogP contribution in [0.5, 0.6) is 0 Å². The number of nitrogens with zero attached hydrogens (tertiary/aromatic N) is 1. The maximum atomic E-state index is 12.8. The first-order valence-corrected chi connectivity index (χ1v) is 9.42. The minimum Gasteiger partial charge on any atom is -0.356 e. The molecule has 144 valence electrons. The van der Waals surface area contributed by atoms with E-state index in [4.69, 9.17) is 0 Å². The summed E-state index contributed by atoms with van der Waals surface area (Å²) in [4.78, 5) is 26.3. The molecule has 0 saturated heterocycles. The quantitative estimate of drug-likeness (QED) is 0.671. The third-order valence-electron chi connectivity index (χ3n) is 4.09. The molecule has 5 nitrogen and oxygen atoms in total. The Morgan fingerprint density at radius 2 is 1.67 bits per heavy atom. The lowest BCUT2D eigenvalue weighted by Crippen LogP contribution is -2.37. The highest BCUT2D eigenvalue weighted by atomic mass is 16.2. The number of para-hydroxylation sites is 1. The van der Waals surface area contributed by atoms with Gasteiger partial charge in [0.05, 0.1) is 0 Å². The minimum absolute atomic E-state index is 0.0559. The van der Waals surface area contributed by atoms with Crippen LogP contribution < -0.4 is 15.5 Å². The standard InChI is InChI=1S/C22H29N3O2/c1-17(2)16-21(26)23-14-7-15-25(20-8-5-4-6-9-20)22(27)24-19-12-10-18(3)11-13-19/h4-6,8-13,17H,7,14-16H2,1-3H3,(H,23,26)(H,24,27). The molecule has 5 heteroatoms. The number of carbonyl (C=O) groups is 2. The molecule has 27 heavy (non-hydrogen) atoms. The summed E-state index contributed by atoms with van der Waals surface area (Å²) in [5, 5.41) is 5.86. The Balaban J connectivity index is 1.96. The van der Waals surface area contributed by atoms with Gasteiger partial charge in [0, 0.05) is 30.9 Å². The zero-order valence-electron chi connectivity index (χ0n) is 16.4. The van der Waals surface area contributed by atoms with Gasteiger partial charge in [-0.05, 0) is 43.5 Å². The summed E-state index contributed by atoms with van der Waals surface area (Å²) < 4.78 is 0. The smallest absolute Gasteiger partial charge is 0.326 e. The van der Waals surface area contributed by atoms with Gasteiger partial charge in [0.2, 0.25) is 5.91 Å². The number of nitrogens with one attached hydrogen (secondary N) is 2. The first-order chi connectivity index (χ1) is 13.0. The van der Waals surface area contributed by atoms with Gasteiger partial charge in [-0.15, -0.1) is 0 Å². The van der Waals surface area contributed by atoms with E-state index in [2.05, 4.69) is 10.6 Å². The summed E-state index contributed by atoms with van der Waals surface area (Å²) in [7, 11) is 0. The zero-order valence-corrected chi connectivity index (χ0v) is 16.4. The largest absolute Gasteiger partial charge is 0.356 e. The van der Waals surface area contributed by atoms with Crippen molar-refractivity contribution in [2.75, 3.05) is 23.3 Å². The Kier molecular flexibility index (Phi) is 7.86. The molecule has 0 heterocycles. The van der Waals surface area contributed by atoms with Crippen LogP contribution in [0.1, 0.15) is 32.3 Å². The molecule has 3 amide bonds. The lowest BCUT2D eigenvalue weighted by Gasteiger charge is -2.23. The third kappa shape index (κ3) is 7.13. The molecule has 0 saturated carbocycles. The average molecular weight is 367 g/mol. The van der Waals surface area contributed by atoms with Gasteiger partial charge in [0.25, 0.3) is 0 Å². The van der Waals surface area contributed by atoms with E-state index in [1.165, 1.54) is 0 Å². The SMILES string of the molecule is Cc1ccc(NC(=O)N(CCCNC(=O)CC(C)C)c2ccccc2)cc1. The van der Waals surface area contributed by atoms with Crippen LogP contribution in [0.3, 0.4) is 0 Å². The van der Waals surface area contributed by atoms with Gasteiger partial charge < -0.3 is 10.6 Å². The molecular weight excluding hydrogens is 338 g/mol. The third-order valence-corrected chi connectivity index (χ3v) is 4.09. The Morgan fingerprint density at radius 1 is 1.00 bits per heavy atom. The van der Waals surface area contributed by atoms with E-state index in [0.29, 0.717) is 31.8 Å². The molecule has 0 spiro atoms. The molecule has 0 radical (unpaired) electrons. The number of aryl methyl sites for hydroxylation is 1. The van der Waals surface area contributed by atoms with Gasteiger partial charge in [-0.2, -0.15) is 0 Å². The molecule has 0 aliphatic carbocycles. The van der Waals surface area contributed by atoms with Crippen LogP contribution >= 0.6 is 0 Å². The van der Waals surface area contributed by atoms with E-state index in [9.17, 15) is 9.59 Å². The Morgan fingerprint density at radius 3 is 2.30 bits per heavy atom. The Labute approximate surface area is 161 Å². The first kappa shape index (κ1) is 20.5. The fourth-order valence-corrected chi connectivity index (χ4v) is 2.69. The van der Waals surface area contributed by atoms with Crippen LogP contribution in [0, 0.1) is 12.8 Å². The molecule has 0 fully saturated rings. The van der Waals surface area contributed by atoms with E-state index < -0.39 is 0 Å². The number of hydrogen-bond donors (Lipinski definition) is 2. The summed E-state index contributed by atoms with van der Waals surface area (Å²) in [5.41, 5.74) is 2.73. The zero-order chi connectivity index (χ0) is 19.6. The maximum Gasteiger partial charge on any atom is 0.326 e. The highest BCUT2D eigenvalue weighted by molar-refractivity contribution is 6.01. The lowest BCUT2D eigenvalue weighted by molar-refractivity contribution is -0.121. The van der Waals surface area contributed by atoms with Crippen molar-refractivity contribution in [2.24, 2.45) is 5.92 Å². The van der Waals surface area contributed by atoms with Crippen molar-refractivity contribution in [1.29, 1.82) is 0 Å². The van der Waals surface area contributed by atoms with Crippen molar-refractivity contribution < 1.29 is 9.59 Å². The molecule has 0 unspecified atom stereocenters. The summed E-state index contributed by atoms with van der Waals surface area (Å²) in [6, 6.07) is 17.1. The van der Waals surface area contributed by atoms with E-state index in [0.717, 1.165) is 16.9 Å². The second-order valence-corrected chi connectivity index (χ2v) is 7.08. The van der Waals surface area contributed by atoms with E-state index >= 15 is 0 Å².